The maximum atomic E-state index is 13.2. The van der Waals surface area contributed by atoms with Crippen LogP contribution in [-0.2, 0) is 6.54 Å². The average Bonchev–Trinajstić information content (AvgIpc) is 3.05. The van der Waals surface area contributed by atoms with E-state index >= 15 is 0 Å². The van der Waals surface area contributed by atoms with Gasteiger partial charge < -0.3 is 5.32 Å². The molecule has 0 aliphatic rings. The number of anilines is 1. The van der Waals surface area contributed by atoms with Crippen LogP contribution < -0.4 is 5.32 Å². The van der Waals surface area contributed by atoms with Gasteiger partial charge in [0.1, 0.15) is 11.3 Å². The van der Waals surface area contributed by atoms with Crippen LogP contribution in [0.5, 0.6) is 0 Å². The van der Waals surface area contributed by atoms with Gasteiger partial charge in [-0.2, -0.15) is 0 Å². The fourth-order valence-electron chi connectivity index (χ4n) is 2.76. The van der Waals surface area contributed by atoms with Crippen molar-refractivity contribution < 1.29 is 9.18 Å². The fourth-order valence-corrected chi connectivity index (χ4v) is 2.76. The molecule has 0 aliphatic carbocycles. The van der Waals surface area contributed by atoms with Crippen LogP contribution in [-0.4, -0.2) is 20.9 Å². The molecule has 5 nitrogen and oxygen atoms in total. The van der Waals surface area contributed by atoms with E-state index in [-0.39, 0.29) is 5.91 Å². The summed E-state index contributed by atoms with van der Waals surface area (Å²) in [4.78, 5) is 12.4. The first-order valence-corrected chi connectivity index (χ1v) is 8.13. The van der Waals surface area contributed by atoms with Crippen LogP contribution in [0.25, 0.3) is 11.0 Å². The topological polar surface area (TPSA) is 59.8 Å². The first-order valence-electron chi connectivity index (χ1n) is 8.13. The molecule has 0 atom stereocenters. The minimum absolute atomic E-state index is 0.324. The number of amides is 1. The molecule has 128 valence electrons. The highest BCUT2D eigenvalue weighted by molar-refractivity contribution is 6.05. The zero-order valence-corrected chi connectivity index (χ0v) is 13.8. The Hall–Kier alpha value is -3.54. The number of aromatic nitrogens is 3. The van der Waals surface area contributed by atoms with Gasteiger partial charge in [-0.3, -0.25) is 4.79 Å². The van der Waals surface area contributed by atoms with Crippen LogP contribution in [0, 0.1) is 5.82 Å². The first-order chi connectivity index (χ1) is 12.7. The summed E-state index contributed by atoms with van der Waals surface area (Å²) in [5, 5.41) is 11.0. The molecule has 26 heavy (non-hydrogen) atoms. The van der Waals surface area contributed by atoms with Crippen molar-refractivity contribution in [3.05, 3.63) is 89.7 Å². The lowest BCUT2D eigenvalue weighted by molar-refractivity contribution is 0.102. The van der Waals surface area contributed by atoms with Gasteiger partial charge in [0, 0.05) is 11.3 Å². The molecule has 4 aromatic rings. The molecule has 3 aromatic carbocycles. The predicted molar refractivity (Wildman–Crippen MR) is 97.4 cm³/mol. The number of carbonyl (C=O) groups is 1. The smallest absolute Gasteiger partial charge is 0.255 e. The number of hydrogen-bond acceptors (Lipinski definition) is 3. The molecule has 1 aromatic heterocycles. The van der Waals surface area contributed by atoms with E-state index in [9.17, 15) is 9.18 Å². The van der Waals surface area contributed by atoms with Crippen LogP contribution >= 0.6 is 0 Å². The second-order valence-corrected chi connectivity index (χ2v) is 5.90. The molecule has 4 rings (SSSR count). The molecule has 0 aliphatic heterocycles. The van der Waals surface area contributed by atoms with Gasteiger partial charge in [-0.15, -0.1) is 5.10 Å². The number of hydrogen-bond donors (Lipinski definition) is 1. The fraction of sp³-hybridized carbons (Fsp3) is 0.0500. The lowest BCUT2D eigenvalue weighted by Gasteiger charge is -2.06. The summed E-state index contributed by atoms with van der Waals surface area (Å²) in [6.07, 6.45) is 0. The van der Waals surface area contributed by atoms with Crippen LogP contribution in [0.15, 0.2) is 72.8 Å². The summed E-state index contributed by atoms with van der Waals surface area (Å²) < 4.78 is 15.0. The predicted octanol–water partition coefficient (Wildman–Crippen LogP) is 3.87. The van der Waals surface area contributed by atoms with Crippen molar-refractivity contribution in [3.63, 3.8) is 0 Å². The highest BCUT2D eigenvalue weighted by Crippen LogP contribution is 2.17. The van der Waals surface area contributed by atoms with Gasteiger partial charge in [-0.05, 0) is 42.0 Å². The molecule has 1 heterocycles. The maximum absolute atomic E-state index is 13.2. The van der Waals surface area contributed by atoms with E-state index in [0.29, 0.717) is 23.3 Å². The van der Waals surface area contributed by atoms with E-state index in [1.54, 1.807) is 28.9 Å². The standard InChI is InChI=1S/C20H15FN4O/c21-16-7-4-8-17(12-16)22-20(26)15-9-10-19-18(11-15)23-24-25(19)13-14-5-2-1-3-6-14/h1-12H,13H2,(H,22,26). The number of fused-ring (bicyclic) bond motifs is 1. The summed E-state index contributed by atoms with van der Waals surface area (Å²) >= 11 is 0. The van der Waals surface area contributed by atoms with E-state index in [2.05, 4.69) is 15.6 Å². The third kappa shape index (κ3) is 3.30. The molecule has 6 heteroatoms. The molecule has 0 saturated carbocycles. The molecular weight excluding hydrogens is 331 g/mol. The van der Waals surface area contributed by atoms with Crippen LogP contribution in [0.4, 0.5) is 10.1 Å². The van der Waals surface area contributed by atoms with E-state index in [0.717, 1.165) is 11.1 Å². The Morgan fingerprint density at radius 1 is 1.00 bits per heavy atom. The van der Waals surface area contributed by atoms with Gasteiger partial charge in [0.15, 0.2) is 0 Å². The minimum atomic E-state index is -0.401. The SMILES string of the molecule is O=C(Nc1cccc(F)c1)c1ccc2c(c1)nnn2Cc1ccccc1. The third-order valence-electron chi connectivity index (χ3n) is 4.03. The third-order valence-corrected chi connectivity index (χ3v) is 4.03. The molecule has 0 radical (unpaired) electrons. The molecule has 1 N–H and O–H groups in total. The second kappa shape index (κ2) is 6.76. The lowest BCUT2D eigenvalue weighted by atomic mass is 10.1. The van der Waals surface area contributed by atoms with Gasteiger partial charge in [0.25, 0.3) is 5.91 Å². The van der Waals surface area contributed by atoms with E-state index in [4.69, 9.17) is 0 Å². The minimum Gasteiger partial charge on any atom is -0.322 e. The molecule has 0 bridgehead atoms. The van der Waals surface area contributed by atoms with Crippen molar-refractivity contribution in [2.24, 2.45) is 0 Å². The van der Waals surface area contributed by atoms with Gasteiger partial charge in [-0.25, -0.2) is 9.07 Å². The highest BCUT2D eigenvalue weighted by Gasteiger charge is 2.11. The Balaban J connectivity index is 1.57. The second-order valence-electron chi connectivity index (χ2n) is 5.90. The van der Waals surface area contributed by atoms with E-state index < -0.39 is 5.82 Å². The first kappa shape index (κ1) is 16.0. The highest BCUT2D eigenvalue weighted by atomic mass is 19.1. The monoisotopic (exact) mass is 346 g/mol. The van der Waals surface area contributed by atoms with Crippen molar-refractivity contribution in [1.82, 2.24) is 15.0 Å². The quantitative estimate of drug-likeness (QED) is 0.610. The number of rotatable bonds is 4. The summed E-state index contributed by atoms with van der Waals surface area (Å²) in [6.45, 7) is 0.603. The molecule has 0 saturated heterocycles. The molecule has 0 fully saturated rings. The number of nitrogens with one attached hydrogen (secondary N) is 1. The largest absolute Gasteiger partial charge is 0.322 e. The van der Waals surface area contributed by atoms with Crippen molar-refractivity contribution >= 4 is 22.6 Å². The number of benzene rings is 3. The van der Waals surface area contributed by atoms with E-state index in [1.165, 1.54) is 12.1 Å². The summed E-state index contributed by atoms with van der Waals surface area (Å²) in [7, 11) is 0. The number of halogens is 1. The Morgan fingerprint density at radius 2 is 1.85 bits per heavy atom. The average molecular weight is 346 g/mol. The van der Waals surface area contributed by atoms with Crippen LogP contribution in [0.3, 0.4) is 0 Å². The Bertz CT molecular complexity index is 1080. The number of nitrogens with zero attached hydrogens (tertiary/aromatic N) is 3. The van der Waals surface area contributed by atoms with Gasteiger partial charge in [0.05, 0.1) is 12.1 Å². The summed E-state index contributed by atoms with van der Waals surface area (Å²) in [5.74, 6) is -0.725. The van der Waals surface area contributed by atoms with Crippen molar-refractivity contribution in [3.8, 4) is 0 Å². The Labute approximate surface area is 149 Å². The Kier molecular flexibility index (Phi) is 4.15. The van der Waals surface area contributed by atoms with Gasteiger partial charge >= 0.3 is 0 Å². The molecule has 0 spiro atoms. The molecule has 1 amide bonds. The zero-order chi connectivity index (χ0) is 17.9. The zero-order valence-electron chi connectivity index (χ0n) is 13.8. The number of carbonyl (C=O) groups excluding carboxylic acids is 1. The van der Waals surface area contributed by atoms with Crippen LogP contribution in [0.1, 0.15) is 15.9 Å². The molecule has 0 unspecified atom stereocenters. The van der Waals surface area contributed by atoms with Gasteiger partial charge in [-0.1, -0.05) is 41.6 Å². The Morgan fingerprint density at radius 3 is 2.65 bits per heavy atom. The summed E-state index contributed by atoms with van der Waals surface area (Å²) in [5.41, 5.74) is 3.44. The van der Waals surface area contributed by atoms with Crippen LogP contribution in [0.2, 0.25) is 0 Å². The lowest BCUT2D eigenvalue weighted by Crippen LogP contribution is -2.12. The van der Waals surface area contributed by atoms with Crippen molar-refractivity contribution in [2.75, 3.05) is 5.32 Å². The van der Waals surface area contributed by atoms with E-state index in [1.807, 2.05) is 36.4 Å². The van der Waals surface area contributed by atoms with Gasteiger partial charge in [0.2, 0.25) is 0 Å². The normalized spacial score (nSPS) is 10.8. The molecular formula is C20H15FN4O. The summed E-state index contributed by atoms with van der Waals surface area (Å²) in [6, 6.07) is 20.9. The maximum Gasteiger partial charge on any atom is 0.255 e. The van der Waals surface area contributed by atoms with Crippen molar-refractivity contribution in [2.45, 2.75) is 6.54 Å². The van der Waals surface area contributed by atoms with Crippen molar-refractivity contribution in [1.29, 1.82) is 0 Å².